The number of nitrogens with zero attached hydrogens (tertiary/aromatic N) is 5. The van der Waals surface area contributed by atoms with Gasteiger partial charge < -0.3 is 25.0 Å². The molecule has 0 bridgehead atoms. The van der Waals surface area contributed by atoms with Crippen LogP contribution in [0.15, 0.2) is 54.0 Å². The smallest absolute Gasteiger partial charge is 0.298 e. The summed E-state index contributed by atoms with van der Waals surface area (Å²) in [4.78, 5) is 52.1. The molecule has 1 saturated heterocycles. The predicted molar refractivity (Wildman–Crippen MR) is 192 cm³/mol. The van der Waals surface area contributed by atoms with Gasteiger partial charge in [0.2, 0.25) is 11.9 Å². The van der Waals surface area contributed by atoms with Crippen molar-refractivity contribution < 1.29 is 19.1 Å². The summed E-state index contributed by atoms with van der Waals surface area (Å²) < 4.78 is 12.5. The van der Waals surface area contributed by atoms with E-state index in [1.807, 2.05) is 19.1 Å². The Morgan fingerprint density at radius 1 is 1.06 bits per heavy atom. The number of carbonyl (C=O) groups excluding carboxylic acids is 2. The first-order valence-electron chi connectivity index (χ1n) is 15.3. The predicted octanol–water partition coefficient (Wildman–Crippen LogP) is 5.13. The molecule has 0 radical (unpaired) electrons. The van der Waals surface area contributed by atoms with Gasteiger partial charge in [-0.3, -0.25) is 23.9 Å². The third-order valence-corrected chi connectivity index (χ3v) is 8.90. The van der Waals surface area contributed by atoms with Gasteiger partial charge in [-0.2, -0.15) is 4.98 Å². The van der Waals surface area contributed by atoms with Crippen LogP contribution in [0.3, 0.4) is 0 Å². The van der Waals surface area contributed by atoms with Crippen LogP contribution in [0.1, 0.15) is 12.5 Å². The molecule has 49 heavy (non-hydrogen) atoms. The first-order chi connectivity index (χ1) is 23.6. The third-order valence-electron chi connectivity index (χ3n) is 8.15. The summed E-state index contributed by atoms with van der Waals surface area (Å²) in [6, 6.07) is 8.65. The van der Waals surface area contributed by atoms with Crippen LogP contribution in [-0.2, 0) is 16.1 Å². The number of aryl methyl sites for hydroxylation is 1. The van der Waals surface area contributed by atoms with Crippen molar-refractivity contribution in [2.75, 3.05) is 57.6 Å². The molecule has 2 aromatic heterocycles. The van der Waals surface area contributed by atoms with Crippen molar-refractivity contribution in [3.05, 3.63) is 75.1 Å². The van der Waals surface area contributed by atoms with Gasteiger partial charge in [0.15, 0.2) is 0 Å². The molecule has 1 aliphatic rings. The lowest BCUT2D eigenvalue weighted by atomic mass is 10.0. The molecule has 254 valence electrons. The number of piperazine rings is 1. The molecule has 0 saturated carbocycles. The number of hydrogen-bond donors (Lipinski definition) is 2. The molecule has 12 nitrogen and oxygen atoms in total. The number of amides is 2. The van der Waals surface area contributed by atoms with Crippen LogP contribution in [0.2, 0.25) is 10.0 Å². The topological polar surface area (TPSA) is 131 Å². The first kappa shape index (κ1) is 35.2. The van der Waals surface area contributed by atoms with Gasteiger partial charge >= 0.3 is 0 Å². The second kappa shape index (κ2) is 15.4. The van der Waals surface area contributed by atoms with E-state index in [9.17, 15) is 14.4 Å². The molecule has 2 amide bonds. The molecule has 0 spiro atoms. The van der Waals surface area contributed by atoms with E-state index in [1.165, 1.54) is 20.3 Å². The molecule has 0 atom stereocenters. The third kappa shape index (κ3) is 7.49. The van der Waals surface area contributed by atoms with Crippen molar-refractivity contribution in [3.63, 3.8) is 0 Å². The molecule has 4 aromatic rings. The van der Waals surface area contributed by atoms with Crippen molar-refractivity contribution in [2.24, 2.45) is 0 Å². The van der Waals surface area contributed by atoms with Gasteiger partial charge in [-0.25, -0.2) is 4.98 Å². The summed E-state index contributed by atoms with van der Waals surface area (Å²) in [5.74, 6) is 5.47. The lowest BCUT2D eigenvalue weighted by Crippen LogP contribution is -2.49. The molecular weight excluding hydrogens is 669 g/mol. The normalized spacial score (nSPS) is 13.0. The van der Waals surface area contributed by atoms with Crippen LogP contribution < -0.4 is 25.7 Å². The van der Waals surface area contributed by atoms with Gasteiger partial charge in [0.1, 0.15) is 17.1 Å². The number of hydrogen-bond acceptors (Lipinski definition) is 9. The minimum atomic E-state index is -0.391. The zero-order chi connectivity index (χ0) is 35.2. The molecule has 5 rings (SSSR count). The number of anilines is 3. The van der Waals surface area contributed by atoms with Crippen molar-refractivity contribution in [3.8, 4) is 34.5 Å². The van der Waals surface area contributed by atoms with Crippen LogP contribution >= 0.6 is 23.2 Å². The number of nitrogens with one attached hydrogen (secondary N) is 2. The maximum Gasteiger partial charge on any atom is 0.298 e. The number of para-hydroxylation sites is 1. The number of rotatable bonds is 10. The maximum absolute atomic E-state index is 14.4. The minimum Gasteiger partial charge on any atom is -0.495 e. The van der Waals surface area contributed by atoms with Crippen molar-refractivity contribution >= 4 is 63.4 Å². The van der Waals surface area contributed by atoms with E-state index in [4.69, 9.17) is 37.7 Å². The van der Waals surface area contributed by atoms with Crippen LogP contribution in [0.25, 0.3) is 22.2 Å². The highest BCUT2D eigenvalue weighted by Crippen LogP contribution is 2.45. The summed E-state index contributed by atoms with van der Waals surface area (Å²) in [6.45, 7) is 10.1. The molecule has 1 fully saturated rings. The fourth-order valence-electron chi connectivity index (χ4n) is 5.56. The van der Waals surface area contributed by atoms with Crippen molar-refractivity contribution in [2.45, 2.75) is 20.4 Å². The molecule has 14 heteroatoms. The Balaban J connectivity index is 1.59. The standard InChI is InChI=1S/C35H35Cl2N7O5/c1-6-9-28(46)43-15-12-42(13-16-43)14-17-44-33-22(18-23(34(44)47)29-30(36)25(48-4)19-26(49-5)31(29)37)20-38-35(41-33)40-32-21(3)10-8-11-24(32)39-27(45)7-2/h7-8,10-11,18-20H,2,12-17H2,1,3-5H3,(H,39,45)(H,38,40,41). The van der Waals surface area contributed by atoms with Crippen molar-refractivity contribution in [1.82, 2.24) is 24.3 Å². The van der Waals surface area contributed by atoms with Crippen LogP contribution in [0.5, 0.6) is 11.5 Å². The Bertz CT molecular complexity index is 2040. The van der Waals surface area contributed by atoms with Crippen LogP contribution in [0.4, 0.5) is 17.3 Å². The molecule has 3 heterocycles. The minimum absolute atomic E-state index is 0.153. The highest BCUT2D eigenvalue weighted by molar-refractivity contribution is 6.41. The van der Waals surface area contributed by atoms with E-state index in [2.05, 4.69) is 38.9 Å². The Morgan fingerprint density at radius 2 is 1.76 bits per heavy atom. The van der Waals surface area contributed by atoms with E-state index in [0.29, 0.717) is 55.1 Å². The number of ether oxygens (including phenoxy) is 2. The summed E-state index contributed by atoms with van der Waals surface area (Å²) >= 11 is 13.5. The average molecular weight is 705 g/mol. The molecule has 2 aromatic carbocycles. The molecule has 0 aliphatic carbocycles. The lowest BCUT2D eigenvalue weighted by molar-refractivity contribution is -0.126. The van der Waals surface area contributed by atoms with Crippen LogP contribution in [-0.4, -0.2) is 83.1 Å². The summed E-state index contributed by atoms with van der Waals surface area (Å²) in [7, 11) is 2.93. The Labute approximate surface area is 293 Å². The average Bonchev–Trinajstić information content (AvgIpc) is 3.10. The number of benzene rings is 2. The summed E-state index contributed by atoms with van der Waals surface area (Å²) in [5.41, 5.74) is 2.38. The molecule has 2 N–H and O–H groups in total. The van der Waals surface area contributed by atoms with E-state index in [1.54, 1.807) is 40.8 Å². The maximum atomic E-state index is 14.4. The van der Waals surface area contributed by atoms with E-state index in [0.717, 1.165) is 5.56 Å². The fourth-order valence-corrected chi connectivity index (χ4v) is 6.27. The van der Waals surface area contributed by atoms with E-state index in [-0.39, 0.29) is 57.0 Å². The van der Waals surface area contributed by atoms with E-state index >= 15 is 0 Å². The number of methoxy groups -OCH3 is 2. The Morgan fingerprint density at radius 3 is 2.39 bits per heavy atom. The SMILES string of the molecule is C=CC(=O)Nc1cccc(C)c1Nc1ncc2cc(-c3c(Cl)c(OC)cc(OC)c3Cl)c(=O)n(CCN3CCN(C(=O)C#CC)CC3)c2n1. The van der Waals surface area contributed by atoms with Gasteiger partial charge in [0.25, 0.3) is 11.5 Å². The zero-order valence-electron chi connectivity index (χ0n) is 27.5. The second-order valence-corrected chi connectivity index (χ2v) is 11.9. The summed E-state index contributed by atoms with van der Waals surface area (Å²) in [6.07, 6.45) is 2.78. The monoisotopic (exact) mass is 703 g/mol. The Hall–Kier alpha value is -5.09. The van der Waals surface area contributed by atoms with Gasteiger partial charge in [-0.15, -0.1) is 0 Å². The second-order valence-electron chi connectivity index (χ2n) is 11.1. The highest BCUT2D eigenvalue weighted by atomic mass is 35.5. The zero-order valence-corrected chi connectivity index (χ0v) is 29.0. The van der Waals surface area contributed by atoms with Gasteiger partial charge in [0.05, 0.1) is 41.2 Å². The number of aromatic nitrogens is 3. The van der Waals surface area contributed by atoms with Gasteiger partial charge in [0, 0.05) is 62.5 Å². The summed E-state index contributed by atoms with van der Waals surface area (Å²) in [5, 5.41) is 6.86. The van der Waals surface area contributed by atoms with Crippen LogP contribution in [0, 0.1) is 18.8 Å². The highest BCUT2D eigenvalue weighted by Gasteiger charge is 2.25. The quantitative estimate of drug-likeness (QED) is 0.171. The number of halogens is 2. The lowest BCUT2D eigenvalue weighted by Gasteiger charge is -2.33. The number of fused-ring (bicyclic) bond motifs is 1. The molecule has 1 aliphatic heterocycles. The van der Waals surface area contributed by atoms with E-state index < -0.39 is 5.56 Å². The van der Waals surface area contributed by atoms with Gasteiger partial charge in [-0.1, -0.05) is 47.8 Å². The number of pyridine rings is 1. The largest absolute Gasteiger partial charge is 0.495 e. The number of carbonyl (C=O) groups is 2. The molecular formula is C35H35Cl2N7O5. The Kier molecular flexibility index (Phi) is 11.1. The van der Waals surface area contributed by atoms with Crippen molar-refractivity contribution in [1.29, 1.82) is 0 Å². The fraction of sp³-hybridized carbons (Fsp3) is 0.286. The first-order valence-corrected chi connectivity index (χ1v) is 16.1. The molecule has 0 unspecified atom stereocenters. The van der Waals surface area contributed by atoms with Gasteiger partial charge in [-0.05, 0) is 43.5 Å².